The van der Waals surface area contributed by atoms with E-state index in [-0.39, 0.29) is 51.4 Å². The molecule has 0 atom stereocenters. The minimum Gasteiger partial charge on any atom is -0.542 e. The molecule has 0 saturated carbocycles. The van der Waals surface area contributed by atoms with Crippen LogP contribution < -0.4 is 56.5 Å². The van der Waals surface area contributed by atoms with Crippen LogP contribution in [0.5, 0.6) is 0 Å². The molecule has 6 heteroatoms. The first kappa shape index (κ1) is 12.7. The quantitative estimate of drug-likeness (QED) is 0.234. The second-order valence-corrected chi connectivity index (χ2v) is 1.02. The largest absolute Gasteiger partial charge is 1.00 e. The molecule has 0 fully saturated rings. The molecule has 0 amide bonds. The summed E-state index contributed by atoms with van der Waals surface area (Å²) in [5, 5.41) is 20.6. The number of carboxylic acids is 1. The number of carboxylic acid groups (broad SMARTS) is 1. The van der Waals surface area contributed by atoms with E-state index in [9.17, 15) is 9.90 Å². The van der Waals surface area contributed by atoms with E-state index in [0.29, 0.717) is 0 Å². The molecule has 5 nitrogen and oxygen atoms in total. The average Bonchev–Trinajstić information content (AvgIpc) is 1.82. The first-order valence-electron chi connectivity index (χ1n) is 1.95. The number of nitriles is 1. The molecule has 0 aliphatic carbocycles. The van der Waals surface area contributed by atoms with Crippen molar-refractivity contribution < 1.29 is 66.1 Å². The number of rotatable bonds is 2. The molecule has 0 spiro atoms. The summed E-state index contributed by atoms with van der Waals surface area (Å²) in [7, 11) is 1.14. The fraction of sp³-hybridized carbons (Fsp3) is 0.250. The zero-order valence-corrected chi connectivity index (χ0v) is 8.74. The Balaban J connectivity index is 0. The van der Waals surface area contributed by atoms with Gasteiger partial charge in [0.25, 0.3) is 0 Å². The second-order valence-electron chi connectivity index (χ2n) is 1.02. The van der Waals surface area contributed by atoms with Crippen molar-refractivity contribution >= 4 is 11.7 Å². The number of hydrogen-bond acceptors (Lipinski definition) is 5. The van der Waals surface area contributed by atoms with Gasteiger partial charge in [0, 0.05) is 0 Å². The fourth-order valence-electron chi connectivity index (χ4n) is 0.195. The van der Waals surface area contributed by atoms with Gasteiger partial charge in [-0.1, -0.05) is 5.16 Å². The Hall–Kier alpha value is 0.0664. The Morgan fingerprint density at radius 2 is 2.30 bits per heavy atom. The van der Waals surface area contributed by atoms with Crippen molar-refractivity contribution in [2.45, 2.75) is 0 Å². The van der Waals surface area contributed by atoms with E-state index in [1.807, 2.05) is 0 Å². The molecule has 0 aromatic heterocycles. The molecule has 0 aromatic carbocycles. The molecule has 0 unspecified atom stereocenters. The maximum absolute atomic E-state index is 9.78. The summed E-state index contributed by atoms with van der Waals surface area (Å²) in [6.45, 7) is 0. The van der Waals surface area contributed by atoms with Gasteiger partial charge in [0.15, 0.2) is 0 Å². The van der Waals surface area contributed by atoms with E-state index >= 15 is 0 Å². The van der Waals surface area contributed by atoms with Crippen molar-refractivity contribution in [3.8, 4) is 6.07 Å². The maximum atomic E-state index is 9.78. The van der Waals surface area contributed by atoms with Crippen LogP contribution in [0.2, 0.25) is 0 Å². The molecule has 0 heterocycles. The third-order valence-corrected chi connectivity index (χ3v) is 0.482. The van der Waals surface area contributed by atoms with Crippen molar-refractivity contribution in [3.63, 3.8) is 0 Å². The third-order valence-electron chi connectivity index (χ3n) is 0.482. The summed E-state index contributed by atoms with van der Waals surface area (Å²) in [6.07, 6.45) is 0. The van der Waals surface area contributed by atoms with Gasteiger partial charge in [-0.2, -0.15) is 5.26 Å². The SMILES string of the molecule is CO/N=C(/C#N)C(=O)[O-].[K+]. The molecule has 48 valence electrons. The van der Waals surface area contributed by atoms with Crippen LogP contribution in [0.25, 0.3) is 0 Å². The van der Waals surface area contributed by atoms with Gasteiger partial charge in [0.05, 0.1) is 0 Å². The van der Waals surface area contributed by atoms with Gasteiger partial charge in [-0.05, 0) is 0 Å². The second kappa shape index (κ2) is 7.18. The monoisotopic (exact) mass is 166 g/mol. The Morgan fingerprint density at radius 1 is 1.80 bits per heavy atom. The predicted molar refractivity (Wildman–Crippen MR) is 25.1 cm³/mol. The molecule has 0 aromatic rings. The van der Waals surface area contributed by atoms with Crippen LogP contribution in [0.15, 0.2) is 5.16 Å². The van der Waals surface area contributed by atoms with Crippen molar-refractivity contribution in [1.82, 2.24) is 0 Å². The standard InChI is InChI=1S/C4H4N2O3.K/c1-9-6-3(2-5)4(7)8;/h1H3,(H,7,8);/q;+1/p-1/b6-3-;. The van der Waals surface area contributed by atoms with Crippen LogP contribution >= 0.6 is 0 Å². The van der Waals surface area contributed by atoms with Crippen molar-refractivity contribution in [3.05, 3.63) is 0 Å². The van der Waals surface area contributed by atoms with E-state index in [1.54, 1.807) is 0 Å². The van der Waals surface area contributed by atoms with E-state index in [2.05, 4.69) is 9.99 Å². The van der Waals surface area contributed by atoms with E-state index in [1.165, 1.54) is 6.07 Å². The summed E-state index contributed by atoms with van der Waals surface area (Å²) in [5.41, 5.74) is -0.766. The van der Waals surface area contributed by atoms with Gasteiger partial charge < -0.3 is 14.7 Å². The molecule has 0 bridgehead atoms. The summed E-state index contributed by atoms with van der Waals surface area (Å²) in [6, 6.07) is 1.27. The molecule has 0 saturated heterocycles. The van der Waals surface area contributed by atoms with Crippen LogP contribution in [0, 0.1) is 11.3 Å². The number of aliphatic carboxylic acids is 1. The number of oxime groups is 1. The van der Waals surface area contributed by atoms with Crippen LogP contribution in [0.3, 0.4) is 0 Å². The topological polar surface area (TPSA) is 85.5 Å². The first-order valence-corrected chi connectivity index (χ1v) is 1.95. The third kappa shape index (κ3) is 4.90. The molecule has 0 aliphatic rings. The summed E-state index contributed by atoms with van der Waals surface area (Å²) >= 11 is 0. The molecule has 10 heavy (non-hydrogen) atoms. The minimum atomic E-state index is -1.64. The van der Waals surface area contributed by atoms with Gasteiger partial charge in [-0.15, -0.1) is 0 Å². The van der Waals surface area contributed by atoms with Crippen LogP contribution in [-0.4, -0.2) is 18.8 Å². The number of carbonyl (C=O) groups is 1. The normalized spacial score (nSPS) is 9.00. The maximum Gasteiger partial charge on any atom is 1.00 e. The van der Waals surface area contributed by atoms with Gasteiger partial charge in [0.2, 0.25) is 5.71 Å². The molecule has 0 rings (SSSR count). The van der Waals surface area contributed by atoms with E-state index < -0.39 is 11.7 Å². The fourth-order valence-corrected chi connectivity index (χ4v) is 0.195. The summed E-state index contributed by atoms with van der Waals surface area (Å²) in [4.78, 5) is 13.8. The average molecular weight is 166 g/mol. The van der Waals surface area contributed by atoms with Gasteiger partial charge >= 0.3 is 51.4 Å². The number of nitrogens with zero attached hydrogens (tertiary/aromatic N) is 2. The van der Waals surface area contributed by atoms with E-state index in [0.717, 1.165) is 7.11 Å². The summed E-state index contributed by atoms with van der Waals surface area (Å²) in [5.74, 6) is -1.64. The van der Waals surface area contributed by atoms with Crippen molar-refractivity contribution in [2.75, 3.05) is 7.11 Å². The van der Waals surface area contributed by atoms with Crippen LogP contribution in [-0.2, 0) is 9.63 Å². The first-order chi connectivity index (χ1) is 4.22. The van der Waals surface area contributed by atoms with Gasteiger partial charge in [-0.3, -0.25) is 0 Å². The Bertz CT molecular complexity index is 183. The molecular formula is C4H3KN2O3. The Morgan fingerprint density at radius 3 is 2.40 bits per heavy atom. The molecular weight excluding hydrogens is 163 g/mol. The number of carbonyl (C=O) groups excluding carboxylic acids is 1. The Kier molecular flexibility index (Phi) is 9.13. The van der Waals surface area contributed by atoms with Crippen molar-refractivity contribution in [2.24, 2.45) is 5.16 Å². The smallest absolute Gasteiger partial charge is 0.542 e. The van der Waals surface area contributed by atoms with E-state index in [4.69, 9.17) is 5.26 Å². The predicted octanol–water partition coefficient (Wildman–Crippen LogP) is -4.73. The molecule has 0 N–H and O–H groups in total. The van der Waals surface area contributed by atoms with Gasteiger partial charge in [0.1, 0.15) is 19.1 Å². The molecule has 0 radical (unpaired) electrons. The number of hydrogen-bond donors (Lipinski definition) is 0. The Labute approximate surface area is 100 Å². The van der Waals surface area contributed by atoms with Gasteiger partial charge in [-0.25, -0.2) is 0 Å². The van der Waals surface area contributed by atoms with Crippen LogP contribution in [0.1, 0.15) is 0 Å². The van der Waals surface area contributed by atoms with Crippen molar-refractivity contribution in [1.29, 1.82) is 5.26 Å². The molecule has 0 aliphatic heterocycles. The zero-order valence-electron chi connectivity index (χ0n) is 5.62. The zero-order chi connectivity index (χ0) is 7.28. The minimum absolute atomic E-state index is 0. The summed E-state index contributed by atoms with van der Waals surface area (Å²) < 4.78 is 0. The van der Waals surface area contributed by atoms with Crippen LogP contribution in [0.4, 0.5) is 0 Å².